The number of nitrogens with zero attached hydrogens (tertiary/aromatic N) is 2. The summed E-state index contributed by atoms with van der Waals surface area (Å²) in [7, 11) is -0.0689. The van der Waals surface area contributed by atoms with Crippen LogP contribution in [0, 0.1) is 5.92 Å². The third-order valence-electron chi connectivity index (χ3n) is 3.65. The molecule has 0 aromatic heterocycles. The molecule has 1 fully saturated rings. The predicted octanol–water partition coefficient (Wildman–Crippen LogP) is -0.614. The van der Waals surface area contributed by atoms with Crippen molar-refractivity contribution in [3.8, 4) is 0 Å². The third kappa shape index (κ3) is 5.80. The fourth-order valence-corrected chi connectivity index (χ4v) is 2.93. The molecular weight excluding hydrogens is 308 g/mol. The van der Waals surface area contributed by atoms with Crippen molar-refractivity contribution in [3.05, 3.63) is 0 Å². The first-order chi connectivity index (χ1) is 10.4. The first kappa shape index (κ1) is 18.7. The van der Waals surface area contributed by atoms with Gasteiger partial charge in [0, 0.05) is 33.2 Å². The van der Waals surface area contributed by atoms with Gasteiger partial charge in [-0.05, 0) is 19.8 Å². The van der Waals surface area contributed by atoms with Crippen LogP contribution in [0.4, 0.5) is 0 Å². The molecule has 0 spiro atoms. The molecule has 1 aliphatic rings. The number of guanidine groups is 1. The molecule has 0 radical (unpaired) electrons. The van der Waals surface area contributed by atoms with Crippen molar-refractivity contribution in [1.29, 1.82) is 0 Å². The lowest BCUT2D eigenvalue weighted by molar-refractivity contribution is -0.146. The third-order valence-corrected chi connectivity index (χ3v) is 5.05. The molecule has 0 amide bonds. The topological polar surface area (TPSA) is 100 Å². The van der Waals surface area contributed by atoms with Gasteiger partial charge in [-0.1, -0.05) is 0 Å². The number of nitrogens with one attached hydrogen (secondary N) is 2. The number of piperidine rings is 1. The number of rotatable bonds is 6. The Bertz CT molecular complexity index is 484. The van der Waals surface area contributed by atoms with E-state index >= 15 is 0 Å². The number of hydrogen-bond donors (Lipinski definition) is 2. The minimum Gasteiger partial charge on any atom is -0.469 e. The Morgan fingerprint density at radius 2 is 1.95 bits per heavy atom. The van der Waals surface area contributed by atoms with Crippen LogP contribution in [0.5, 0.6) is 0 Å². The van der Waals surface area contributed by atoms with E-state index in [-0.39, 0.29) is 17.6 Å². The van der Waals surface area contributed by atoms with Gasteiger partial charge in [-0.2, -0.15) is 0 Å². The van der Waals surface area contributed by atoms with E-state index in [1.165, 1.54) is 7.11 Å². The van der Waals surface area contributed by atoms with Crippen molar-refractivity contribution in [1.82, 2.24) is 14.9 Å². The van der Waals surface area contributed by atoms with E-state index in [4.69, 9.17) is 4.74 Å². The number of methoxy groups -OCH3 is 1. The van der Waals surface area contributed by atoms with E-state index in [1.54, 1.807) is 14.0 Å². The minimum absolute atomic E-state index is 0.0456. The Morgan fingerprint density at radius 3 is 2.45 bits per heavy atom. The van der Waals surface area contributed by atoms with Gasteiger partial charge in [0.15, 0.2) is 5.96 Å². The summed E-state index contributed by atoms with van der Waals surface area (Å²) in [6.07, 6.45) is 1.46. The van der Waals surface area contributed by atoms with E-state index < -0.39 is 10.0 Å². The maximum atomic E-state index is 11.5. The molecule has 0 saturated carbocycles. The lowest BCUT2D eigenvalue weighted by Crippen LogP contribution is -2.48. The zero-order valence-electron chi connectivity index (χ0n) is 13.5. The molecule has 128 valence electrons. The average molecular weight is 334 g/mol. The zero-order chi connectivity index (χ0) is 16.6. The standard InChI is InChI=1S/C13H26N4O4S/c1-4-22(19,20)16-8-7-15-13(14-2)17-9-5-11(6-10-17)12(18)21-3/h11,16H,4-10H2,1-3H3,(H,14,15). The highest BCUT2D eigenvalue weighted by Crippen LogP contribution is 2.18. The Labute approximate surface area is 132 Å². The van der Waals surface area contributed by atoms with Gasteiger partial charge in [0.2, 0.25) is 10.0 Å². The van der Waals surface area contributed by atoms with Gasteiger partial charge in [-0.15, -0.1) is 0 Å². The Morgan fingerprint density at radius 1 is 1.32 bits per heavy atom. The highest BCUT2D eigenvalue weighted by molar-refractivity contribution is 7.89. The van der Waals surface area contributed by atoms with Gasteiger partial charge in [0.05, 0.1) is 18.8 Å². The van der Waals surface area contributed by atoms with Crippen molar-refractivity contribution >= 4 is 22.0 Å². The Kier molecular flexibility index (Phi) is 7.60. The van der Waals surface area contributed by atoms with E-state index in [0.29, 0.717) is 13.1 Å². The quantitative estimate of drug-likeness (QED) is 0.291. The number of ether oxygens (including phenoxy) is 1. The van der Waals surface area contributed by atoms with Crippen LogP contribution in [0.15, 0.2) is 4.99 Å². The first-order valence-corrected chi connectivity index (χ1v) is 9.09. The lowest BCUT2D eigenvalue weighted by Gasteiger charge is -2.33. The molecule has 2 N–H and O–H groups in total. The second kappa shape index (κ2) is 8.94. The van der Waals surface area contributed by atoms with Gasteiger partial charge >= 0.3 is 5.97 Å². The van der Waals surface area contributed by atoms with Gasteiger partial charge in [0.1, 0.15) is 0 Å². The van der Waals surface area contributed by atoms with Crippen LogP contribution in [0.3, 0.4) is 0 Å². The van der Waals surface area contributed by atoms with E-state index in [9.17, 15) is 13.2 Å². The number of aliphatic imine (C=N–C) groups is 1. The minimum atomic E-state index is -3.16. The molecule has 1 saturated heterocycles. The molecule has 0 unspecified atom stereocenters. The maximum Gasteiger partial charge on any atom is 0.308 e. The molecule has 1 heterocycles. The SMILES string of the molecule is CCS(=O)(=O)NCCNC(=NC)N1CCC(C(=O)OC)CC1. The van der Waals surface area contributed by atoms with Crippen LogP contribution in [-0.2, 0) is 19.6 Å². The summed E-state index contributed by atoms with van der Waals surface area (Å²) in [5.74, 6) is 0.592. The number of carbonyl (C=O) groups is 1. The zero-order valence-corrected chi connectivity index (χ0v) is 14.3. The number of carbonyl (C=O) groups excluding carboxylic acids is 1. The van der Waals surface area contributed by atoms with Crippen LogP contribution < -0.4 is 10.0 Å². The van der Waals surface area contributed by atoms with Gasteiger partial charge in [-0.25, -0.2) is 13.1 Å². The van der Waals surface area contributed by atoms with E-state index in [1.807, 2.05) is 0 Å². The predicted molar refractivity (Wildman–Crippen MR) is 85.1 cm³/mol. The summed E-state index contributed by atoms with van der Waals surface area (Å²) >= 11 is 0. The fraction of sp³-hybridized carbons (Fsp3) is 0.846. The maximum absolute atomic E-state index is 11.5. The molecular formula is C13H26N4O4S. The van der Waals surface area contributed by atoms with Gasteiger partial charge in [-0.3, -0.25) is 9.79 Å². The van der Waals surface area contributed by atoms with Crippen LogP contribution >= 0.6 is 0 Å². The highest BCUT2D eigenvalue weighted by atomic mass is 32.2. The largest absolute Gasteiger partial charge is 0.469 e. The molecule has 0 atom stereocenters. The normalized spacial score (nSPS) is 17.4. The Hall–Kier alpha value is -1.35. The van der Waals surface area contributed by atoms with Crippen molar-refractivity contribution < 1.29 is 17.9 Å². The smallest absolute Gasteiger partial charge is 0.308 e. The fourth-order valence-electron chi connectivity index (χ4n) is 2.31. The number of hydrogen-bond acceptors (Lipinski definition) is 5. The molecule has 0 aromatic carbocycles. The van der Waals surface area contributed by atoms with Crippen LogP contribution in [0.1, 0.15) is 19.8 Å². The van der Waals surface area contributed by atoms with Gasteiger partial charge in [0.25, 0.3) is 0 Å². The second-order valence-electron chi connectivity index (χ2n) is 5.06. The molecule has 1 rings (SSSR count). The van der Waals surface area contributed by atoms with Crippen molar-refractivity contribution in [2.45, 2.75) is 19.8 Å². The molecule has 9 heteroatoms. The highest BCUT2D eigenvalue weighted by Gasteiger charge is 2.26. The summed E-state index contributed by atoms with van der Waals surface area (Å²) in [4.78, 5) is 17.8. The van der Waals surface area contributed by atoms with E-state index in [0.717, 1.165) is 31.9 Å². The first-order valence-electron chi connectivity index (χ1n) is 7.44. The molecule has 22 heavy (non-hydrogen) atoms. The van der Waals surface area contributed by atoms with Crippen LogP contribution in [0.25, 0.3) is 0 Å². The molecule has 1 aliphatic heterocycles. The van der Waals surface area contributed by atoms with Gasteiger partial charge < -0.3 is 15.0 Å². The van der Waals surface area contributed by atoms with Crippen molar-refractivity contribution in [3.63, 3.8) is 0 Å². The van der Waals surface area contributed by atoms with Crippen molar-refractivity contribution in [2.75, 3.05) is 46.1 Å². The molecule has 0 aromatic rings. The summed E-state index contributed by atoms with van der Waals surface area (Å²) < 4.78 is 29.9. The lowest BCUT2D eigenvalue weighted by atomic mass is 9.97. The monoisotopic (exact) mass is 334 g/mol. The van der Waals surface area contributed by atoms with Crippen LogP contribution in [0.2, 0.25) is 0 Å². The van der Waals surface area contributed by atoms with E-state index in [2.05, 4.69) is 19.9 Å². The van der Waals surface area contributed by atoms with Crippen LogP contribution in [-0.4, -0.2) is 71.3 Å². The number of esters is 1. The summed E-state index contributed by atoms with van der Waals surface area (Å²) in [6, 6.07) is 0. The Balaban J connectivity index is 2.36. The number of sulfonamides is 1. The summed E-state index contributed by atoms with van der Waals surface area (Å²) in [6.45, 7) is 3.82. The molecule has 0 aliphatic carbocycles. The molecule has 0 bridgehead atoms. The summed E-state index contributed by atoms with van der Waals surface area (Å²) in [5.41, 5.74) is 0. The number of likely N-dealkylation sites (tertiary alicyclic amines) is 1. The van der Waals surface area contributed by atoms with Crippen molar-refractivity contribution in [2.24, 2.45) is 10.9 Å². The average Bonchev–Trinajstić information content (AvgIpc) is 2.54. The summed E-state index contributed by atoms with van der Waals surface area (Å²) in [5, 5.41) is 3.13. The molecule has 8 nitrogen and oxygen atoms in total. The second-order valence-corrected chi connectivity index (χ2v) is 7.15.